The highest BCUT2D eigenvalue weighted by atomic mass is 16.5. The van der Waals surface area contributed by atoms with Gasteiger partial charge in [-0.2, -0.15) is 0 Å². The Balaban J connectivity index is 2.04. The second kappa shape index (κ2) is 9.31. The van der Waals surface area contributed by atoms with Crippen LogP contribution in [0.2, 0.25) is 0 Å². The quantitative estimate of drug-likeness (QED) is 0.481. The van der Waals surface area contributed by atoms with Crippen molar-refractivity contribution in [2.45, 2.75) is 39.8 Å². The predicted molar refractivity (Wildman–Crippen MR) is 103 cm³/mol. The summed E-state index contributed by atoms with van der Waals surface area (Å²) >= 11 is 0. The third kappa shape index (κ3) is 4.79. The third-order valence-corrected chi connectivity index (χ3v) is 4.44. The molecule has 29 heavy (non-hydrogen) atoms. The molecule has 9 nitrogen and oxygen atoms in total. The van der Waals surface area contributed by atoms with Crippen molar-refractivity contribution in [3.8, 4) is 0 Å². The Hall–Kier alpha value is -3.23. The van der Waals surface area contributed by atoms with E-state index >= 15 is 0 Å². The number of carbonyl (C=O) groups is 5. The number of benzene rings is 1. The fourth-order valence-corrected chi connectivity index (χ4v) is 3.03. The van der Waals surface area contributed by atoms with Gasteiger partial charge in [0.05, 0.1) is 11.1 Å². The van der Waals surface area contributed by atoms with Crippen LogP contribution in [0.5, 0.6) is 0 Å². The van der Waals surface area contributed by atoms with Crippen LogP contribution in [0.25, 0.3) is 0 Å². The Kier molecular flexibility index (Phi) is 7.08. The van der Waals surface area contributed by atoms with Gasteiger partial charge in [-0.3, -0.25) is 24.1 Å². The molecule has 0 saturated heterocycles. The zero-order valence-electron chi connectivity index (χ0n) is 16.9. The highest BCUT2D eigenvalue weighted by Crippen LogP contribution is 2.27. The molecule has 0 saturated carbocycles. The molecule has 0 spiro atoms. The number of nitrogens with zero attached hydrogens (tertiary/aromatic N) is 1. The van der Waals surface area contributed by atoms with Crippen LogP contribution in [0.4, 0.5) is 0 Å². The van der Waals surface area contributed by atoms with E-state index in [2.05, 4.69) is 10.6 Å². The molecule has 1 aliphatic rings. The lowest BCUT2D eigenvalue weighted by atomic mass is 10.0. The van der Waals surface area contributed by atoms with Gasteiger partial charge in [0.1, 0.15) is 12.1 Å². The normalized spacial score (nSPS) is 15.0. The lowest BCUT2D eigenvalue weighted by Gasteiger charge is -2.27. The van der Waals surface area contributed by atoms with Crippen LogP contribution in [0.3, 0.4) is 0 Å². The SMILES string of the molecule is CCNC(=O)[C@@H](C)NC(=O)COC(=O)[C@@H](C(C)C)N1C(=O)c2ccccc2C1=O. The van der Waals surface area contributed by atoms with Crippen molar-refractivity contribution < 1.29 is 28.7 Å². The molecule has 2 N–H and O–H groups in total. The molecule has 0 aliphatic carbocycles. The van der Waals surface area contributed by atoms with Crippen molar-refractivity contribution in [2.24, 2.45) is 5.92 Å². The van der Waals surface area contributed by atoms with Gasteiger partial charge in [-0.15, -0.1) is 0 Å². The predicted octanol–water partition coefficient (Wildman–Crippen LogP) is 0.491. The van der Waals surface area contributed by atoms with Crippen LogP contribution >= 0.6 is 0 Å². The Morgan fingerprint density at radius 3 is 2.07 bits per heavy atom. The Morgan fingerprint density at radius 1 is 1.03 bits per heavy atom. The number of fused-ring (bicyclic) bond motifs is 1. The summed E-state index contributed by atoms with van der Waals surface area (Å²) in [6, 6.07) is 4.35. The second-order valence-corrected chi connectivity index (χ2v) is 7.01. The lowest BCUT2D eigenvalue weighted by molar-refractivity contribution is -0.153. The number of hydrogen-bond donors (Lipinski definition) is 2. The minimum Gasteiger partial charge on any atom is -0.454 e. The molecule has 2 rings (SSSR count). The Morgan fingerprint density at radius 2 is 1.59 bits per heavy atom. The first-order valence-electron chi connectivity index (χ1n) is 9.39. The van der Waals surface area contributed by atoms with Gasteiger partial charge in [0.2, 0.25) is 5.91 Å². The molecular formula is C20H25N3O6. The maximum Gasteiger partial charge on any atom is 0.330 e. The Bertz CT molecular complexity index is 800. The number of imide groups is 1. The first-order chi connectivity index (χ1) is 13.7. The maximum atomic E-state index is 12.7. The fourth-order valence-electron chi connectivity index (χ4n) is 3.03. The third-order valence-electron chi connectivity index (χ3n) is 4.44. The molecule has 0 unspecified atom stereocenters. The Labute approximate surface area is 168 Å². The van der Waals surface area contributed by atoms with Crippen molar-refractivity contribution in [3.63, 3.8) is 0 Å². The molecule has 2 atom stereocenters. The molecule has 4 amide bonds. The highest BCUT2D eigenvalue weighted by molar-refractivity contribution is 6.22. The number of carbonyl (C=O) groups excluding carboxylic acids is 5. The highest BCUT2D eigenvalue weighted by Gasteiger charge is 2.44. The molecular weight excluding hydrogens is 378 g/mol. The number of ether oxygens (including phenoxy) is 1. The molecule has 9 heteroatoms. The van der Waals surface area contributed by atoms with Gasteiger partial charge in [0.15, 0.2) is 6.61 Å². The molecule has 1 aromatic rings. The van der Waals surface area contributed by atoms with E-state index in [1.807, 2.05) is 0 Å². The zero-order valence-corrected chi connectivity index (χ0v) is 16.9. The summed E-state index contributed by atoms with van der Waals surface area (Å²) in [6.07, 6.45) is 0. The number of nitrogens with one attached hydrogen (secondary N) is 2. The van der Waals surface area contributed by atoms with E-state index in [0.717, 1.165) is 4.90 Å². The molecule has 0 bridgehead atoms. The van der Waals surface area contributed by atoms with Crippen LogP contribution in [0.15, 0.2) is 24.3 Å². The van der Waals surface area contributed by atoms with E-state index in [4.69, 9.17) is 4.74 Å². The van der Waals surface area contributed by atoms with Crippen molar-refractivity contribution in [1.82, 2.24) is 15.5 Å². The van der Waals surface area contributed by atoms with Crippen molar-refractivity contribution in [1.29, 1.82) is 0 Å². The fraction of sp³-hybridized carbons (Fsp3) is 0.450. The van der Waals surface area contributed by atoms with Crippen LogP contribution in [0, 0.1) is 5.92 Å². The first-order valence-corrected chi connectivity index (χ1v) is 9.39. The smallest absolute Gasteiger partial charge is 0.330 e. The lowest BCUT2D eigenvalue weighted by Crippen LogP contribution is -2.50. The number of hydrogen-bond acceptors (Lipinski definition) is 6. The number of rotatable bonds is 8. The number of esters is 1. The van der Waals surface area contributed by atoms with E-state index in [-0.39, 0.29) is 17.0 Å². The number of likely N-dealkylation sites (N-methyl/N-ethyl adjacent to an activating group) is 1. The van der Waals surface area contributed by atoms with E-state index < -0.39 is 48.3 Å². The molecule has 1 heterocycles. The van der Waals surface area contributed by atoms with Crippen LogP contribution < -0.4 is 10.6 Å². The van der Waals surface area contributed by atoms with Gasteiger partial charge >= 0.3 is 5.97 Å². The van der Waals surface area contributed by atoms with E-state index in [1.54, 1.807) is 32.9 Å². The average molecular weight is 403 g/mol. The van der Waals surface area contributed by atoms with Gasteiger partial charge in [-0.25, -0.2) is 4.79 Å². The topological polar surface area (TPSA) is 122 Å². The van der Waals surface area contributed by atoms with Gasteiger partial charge in [0, 0.05) is 6.54 Å². The summed E-state index contributed by atoms with van der Waals surface area (Å²) in [5.74, 6) is -3.47. The van der Waals surface area contributed by atoms with Crippen LogP contribution in [0.1, 0.15) is 48.4 Å². The van der Waals surface area contributed by atoms with Crippen molar-refractivity contribution >= 4 is 29.6 Å². The monoisotopic (exact) mass is 403 g/mol. The summed E-state index contributed by atoms with van der Waals surface area (Å²) in [6.45, 7) is 6.39. The largest absolute Gasteiger partial charge is 0.454 e. The first kappa shape index (κ1) is 22.1. The molecule has 0 fully saturated rings. The van der Waals surface area contributed by atoms with Crippen LogP contribution in [-0.2, 0) is 19.1 Å². The molecule has 1 aromatic carbocycles. The standard InChI is InChI=1S/C20H25N3O6/c1-5-21-17(25)12(4)22-15(24)10-29-20(28)16(11(2)3)23-18(26)13-8-6-7-9-14(13)19(23)27/h6-9,11-12,16H,5,10H2,1-4H3,(H,21,25)(H,22,24)/t12-,16-/m1/s1. The van der Waals surface area contributed by atoms with Gasteiger partial charge in [0.25, 0.3) is 17.7 Å². The van der Waals surface area contributed by atoms with E-state index in [9.17, 15) is 24.0 Å². The minimum atomic E-state index is -1.17. The minimum absolute atomic E-state index is 0.226. The summed E-state index contributed by atoms with van der Waals surface area (Å²) in [4.78, 5) is 62.4. The maximum absolute atomic E-state index is 12.7. The zero-order chi connectivity index (χ0) is 21.7. The van der Waals surface area contributed by atoms with Gasteiger partial charge < -0.3 is 15.4 Å². The average Bonchev–Trinajstić information content (AvgIpc) is 2.92. The van der Waals surface area contributed by atoms with Gasteiger partial charge in [-0.1, -0.05) is 26.0 Å². The van der Waals surface area contributed by atoms with Crippen molar-refractivity contribution in [3.05, 3.63) is 35.4 Å². The van der Waals surface area contributed by atoms with Crippen molar-refractivity contribution in [2.75, 3.05) is 13.2 Å². The van der Waals surface area contributed by atoms with E-state index in [0.29, 0.717) is 6.54 Å². The molecule has 1 aliphatic heterocycles. The molecule has 156 valence electrons. The molecule has 0 radical (unpaired) electrons. The summed E-state index contributed by atoms with van der Waals surface area (Å²) < 4.78 is 5.05. The van der Waals surface area contributed by atoms with E-state index in [1.165, 1.54) is 19.1 Å². The van der Waals surface area contributed by atoms with Crippen LogP contribution in [-0.4, -0.2) is 59.7 Å². The van der Waals surface area contributed by atoms with Gasteiger partial charge in [-0.05, 0) is 31.9 Å². The summed E-state index contributed by atoms with van der Waals surface area (Å²) in [5, 5.41) is 4.97. The molecule has 0 aromatic heterocycles. The summed E-state index contributed by atoms with van der Waals surface area (Å²) in [5.41, 5.74) is 0.453. The second-order valence-electron chi connectivity index (χ2n) is 7.01. The number of amides is 4. The summed E-state index contributed by atoms with van der Waals surface area (Å²) in [7, 11) is 0.